The highest BCUT2D eigenvalue weighted by Gasteiger charge is 2.26. The molecule has 0 saturated heterocycles. The molecular formula is C10H17N. The van der Waals surface area contributed by atoms with Crippen molar-refractivity contribution in [1.82, 2.24) is 0 Å². The Bertz CT molecular complexity index is 152. The Labute approximate surface area is 69.0 Å². The zero-order valence-corrected chi connectivity index (χ0v) is 7.27. The molecule has 0 spiro atoms. The lowest BCUT2D eigenvalue weighted by Gasteiger charge is -2.33. The highest BCUT2D eigenvalue weighted by molar-refractivity contribution is 5.56. The summed E-state index contributed by atoms with van der Waals surface area (Å²) in [7, 11) is 0. The molecule has 0 heterocycles. The van der Waals surface area contributed by atoms with Crippen molar-refractivity contribution in [3.63, 3.8) is 0 Å². The van der Waals surface area contributed by atoms with E-state index in [1.54, 1.807) is 6.21 Å². The van der Waals surface area contributed by atoms with Crippen LogP contribution in [0.5, 0.6) is 0 Å². The smallest absolute Gasteiger partial charge is 0.00167 e. The molecular weight excluding hydrogens is 134 g/mol. The Morgan fingerprint density at radius 2 is 2.00 bits per heavy atom. The number of allylic oxidation sites excluding steroid dienone is 1. The van der Waals surface area contributed by atoms with Crippen molar-refractivity contribution in [2.45, 2.75) is 32.6 Å². The minimum Gasteiger partial charge on any atom is -0.313 e. The van der Waals surface area contributed by atoms with Crippen molar-refractivity contribution < 1.29 is 0 Å². The molecule has 0 amide bonds. The van der Waals surface area contributed by atoms with Gasteiger partial charge in [-0.1, -0.05) is 13.0 Å². The van der Waals surface area contributed by atoms with E-state index in [4.69, 9.17) is 5.41 Å². The molecule has 1 saturated carbocycles. The van der Waals surface area contributed by atoms with Gasteiger partial charge in [0.1, 0.15) is 0 Å². The summed E-state index contributed by atoms with van der Waals surface area (Å²) in [6, 6.07) is 0. The van der Waals surface area contributed by atoms with Gasteiger partial charge >= 0.3 is 0 Å². The first-order valence-electron chi connectivity index (χ1n) is 4.34. The van der Waals surface area contributed by atoms with Crippen molar-refractivity contribution in [1.29, 1.82) is 5.41 Å². The van der Waals surface area contributed by atoms with Crippen LogP contribution in [0.15, 0.2) is 12.7 Å². The fraction of sp³-hybridized carbons (Fsp3) is 0.700. The van der Waals surface area contributed by atoms with E-state index in [0.29, 0.717) is 11.3 Å². The summed E-state index contributed by atoms with van der Waals surface area (Å²) in [4.78, 5) is 0. The van der Waals surface area contributed by atoms with Crippen molar-refractivity contribution in [3.05, 3.63) is 12.7 Å². The second-order valence-electron chi connectivity index (χ2n) is 3.86. The molecule has 62 valence electrons. The van der Waals surface area contributed by atoms with Crippen LogP contribution in [0.2, 0.25) is 0 Å². The van der Waals surface area contributed by atoms with Gasteiger partial charge in [0.15, 0.2) is 0 Å². The Kier molecular flexibility index (Phi) is 2.48. The molecule has 0 aromatic rings. The van der Waals surface area contributed by atoms with Crippen molar-refractivity contribution in [2.75, 3.05) is 0 Å². The number of hydrogen-bond donors (Lipinski definition) is 1. The van der Waals surface area contributed by atoms with E-state index in [0.717, 1.165) is 0 Å². The standard InChI is InChI=1S/C10H17N/c1-3-10(2)6-4-9(8-11)5-7-10/h3,8-9,11H,1,4-7H2,2H3. The van der Waals surface area contributed by atoms with Crippen molar-refractivity contribution in [2.24, 2.45) is 11.3 Å². The van der Waals surface area contributed by atoms with Gasteiger partial charge in [0.25, 0.3) is 0 Å². The predicted octanol–water partition coefficient (Wildman–Crippen LogP) is 3.02. The summed E-state index contributed by atoms with van der Waals surface area (Å²) >= 11 is 0. The van der Waals surface area contributed by atoms with Crippen LogP contribution in [0.1, 0.15) is 32.6 Å². The fourth-order valence-corrected chi connectivity index (χ4v) is 1.67. The summed E-state index contributed by atoms with van der Waals surface area (Å²) in [5.41, 5.74) is 0.361. The van der Waals surface area contributed by atoms with Crippen LogP contribution in [0.3, 0.4) is 0 Å². The summed E-state index contributed by atoms with van der Waals surface area (Å²) < 4.78 is 0. The van der Waals surface area contributed by atoms with Crippen LogP contribution >= 0.6 is 0 Å². The lowest BCUT2D eigenvalue weighted by atomic mass is 9.72. The predicted molar refractivity (Wildman–Crippen MR) is 49.0 cm³/mol. The van der Waals surface area contributed by atoms with E-state index in [1.807, 2.05) is 0 Å². The van der Waals surface area contributed by atoms with E-state index >= 15 is 0 Å². The van der Waals surface area contributed by atoms with Gasteiger partial charge in [-0.3, -0.25) is 0 Å². The van der Waals surface area contributed by atoms with Gasteiger partial charge in [-0.25, -0.2) is 0 Å². The van der Waals surface area contributed by atoms with Gasteiger partial charge in [-0.05, 0) is 43.2 Å². The van der Waals surface area contributed by atoms with Crippen LogP contribution in [-0.2, 0) is 0 Å². The maximum Gasteiger partial charge on any atom is -0.00167 e. The highest BCUT2D eigenvalue weighted by Crippen LogP contribution is 2.38. The first-order valence-corrected chi connectivity index (χ1v) is 4.34. The fourth-order valence-electron chi connectivity index (χ4n) is 1.67. The molecule has 0 aromatic carbocycles. The first kappa shape index (κ1) is 8.51. The third kappa shape index (κ3) is 1.92. The summed E-state index contributed by atoms with van der Waals surface area (Å²) in [5.74, 6) is 0.544. The number of nitrogens with one attached hydrogen (secondary N) is 1. The monoisotopic (exact) mass is 151 g/mol. The van der Waals surface area contributed by atoms with Crippen LogP contribution in [0.4, 0.5) is 0 Å². The van der Waals surface area contributed by atoms with E-state index in [2.05, 4.69) is 19.6 Å². The largest absolute Gasteiger partial charge is 0.313 e. The summed E-state index contributed by atoms with van der Waals surface area (Å²) in [6.45, 7) is 6.11. The average Bonchev–Trinajstić information content (AvgIpc) is 2.06. The van der Waals surface area contributed by atoms with Crippen LogP contribution < -0.4 is 0 Å². The van der Waals surface area contributed by atoms with E-state index in [9.17, 15) is 0 Å². The van der Waals surface area contributed by atoms with Crippen molar-refractivity contribution in [3.8, 4) is 0 Å². The molecule has 1 N–H and O–H groups in total. The van der Waals surface area contributed by atoms with E-state index < -0.39 is 0 Å². The lowest BCUT2D eigenvalue weighted by Crippen LogP contribution is -2.22. The zero-order valence-electron chi connectivity index (χ0n) is 7.27. The van der Waals surface area contributed by atoms with Gasteiger partial charge in [0, 0.05) is 0 Å². The Hall–Kier alpha value is -0.590. The van der Waals surface area contributed by atoms with Crippen LogP contribution in [0, 0.1) is 16.7 Å². The highest BCUT2D eigenvalue weighted by atomic mass is 14.4. The molecule has 0 aromatic heterocycles. The Morgan fingerprint density at radius 3 is 2.36 bits per heavy atom. The summed E-state index contributed by atoms with van der Waals surface area (Å²) in [5, 5.41) is 7.13. The first-order chi connectivity index (χ1) is 5.20. The van der Waals surface area contributed by atoms with E-state index in [-0.39, 0.29) is 0 Å². The minimum absolute atomic E-state index is 0.361. The van der Waals surface area contributed by atoms with Gasteiger partial charge in [-0.15, -0.1) is 6.58 Å². The molecule has 1 rings (SSSR count). The SMILES string of the molecule is C=CC1(C)CCC(C=N)CC1. The second kappa shape index (κ2) is 3.21. The molecule has 1 aliphatic carbocycles. The molecule has 0 aliphatic heterocycles. The molecule has 0 atom stereocenters. The number of rotatable bonds is 2. The maximum atomic E-state index is 7.13. The molecule has 11 heavy (non-hydrogen) atoms. The quantitative estimate of drug-likeness (QED) is 0.463. The number of hydrogen-bond acceptors (Lipinski definition) is 1. The van der Waals surface area contributed by atoms with Gasteiger partial charge < -0.3 is 5.41 Å². The molecule has 0 bridgehead atoms. The van der Waals surface area contributed by atoms with Crippen LogP contribution in [-0.4, -0.2) is 6.21 Å². The van der Waals surface area contributed by atoms with Gasteiger partial charge in [-0.2, -0.15) is 0 Å². The van der Waals surface area contributed by atoms with Gasteiger partial charge in [0.05, 0.1) is 0 Å². The third-order valence-corrected chi connectivity index (χ3v) is 2.90. The normalized spacial score (nSPS) is 38.1. The third-order valence-electron chi connectivity index (χ3n) is 2.90. The molecule has 0 radical (unpaired) electrons. The van der Waals surface area contributed by atoms with Gasteiger partial charge in [0.2, 0.25) is 0 Å². The molecule has 1 aliphatic rings. The molecule has 1 nitrogen and oxygen atoms in total. The van der Waals surface area contributed by atoms with Crippen molar-refractivity contribution >= 4 is 6.21 Å². The second-order valence-corrected chi connectivity index (χ2v) is 3.86. The average molecular weight is 151 g/mol. The molecule has 1 heteroatoms. The molecule has 0 unspecified atom stereocenters. The topological polar surface area (TPSA) is 23.9 Å². The lowest BCUT2D eigenvalue weighted by molar-refractivity contribution is 0.260. The molecule has 1 fully saturated rings. The Morgan fingerprint density at radius 1 is 1.45 bits per heavy atom. The van der Waals surface area contributed by atoms with Crippen LogP contribution in [0.25, 0.3) is 0 Å². The van der Waals surface area contributed by atoms with E-state index in [1.165, 1.54) is 25.7 Å². The maximum absolute atomic E-state index is 7.13. The Balaban J connectivity index is 2.46. The summed E-state index contributed by atoms with van der Waals surface area (Å²) in [6.07, 6.45) is 8.43. The zero-order chi connectivity index (χ0) is 8.32. The minimum atomic E-state index is 0.361.